The minimum absolute atomic E-state index is 0.0615. The summed E-state index contributed by atoms with van der Waals surface area (Å²) >= 11 is 0. The lowest BCUT2D eigenvalue weighted by Crippen LogP contribution is -2.42. The van der Waals surface area contributed by atoms with Crippen LogP contribution in [-0.2, 0) is 15.0 Å². The number of amides is 1. The van der Waals surface area contributed by atoms with Crippen LogP contribution >= 0.6 is 0 Å². The summed E-state index contributed by atoms with van der Waals surface area (Å²) in [5.41, 5.74) is 3.96. The molecule has 0 saturated heterocycles. The Morgan fingerprint density at radius 1 is 1.23 bits per heavy atom. The smallest absolute Gasteiger partial charge is 0.341 e. The number of aliphatic carboxylic acids is 1. The summed E-state index contributed by atoms with van der Waals surface area (Å²) in [6, 6.07) is 12.5. The number of benzene rings is 2. The Labute approximate surface area is 174 Å². The first kappa shape index (κ1) is 21.2. The molecule has 0 saturated carbocycles. The quantitative estimate of drug-likeness (QED) is 0.558. The summed E-state index contributed by atoms with van der Waals surface area (Å²) in [7, 11) is 0. The second-order valence-electron chi connectivity index (χ2n) is 7.78. The number of nitrogens with zero attached hydrogens (tertiary/aromatic N) is 1. The predicted molar refractivity (Wildman–Crippen MR) is 110 cm³/mol. The lowest BCUT2D eigenvalue weighted by Gasteiger charge is -2.27. The van der Waals surface area contributed by atoms with E-state index in [-0.39, 0.29) is 12.0 Å². The number of rotatable bonds is 6. The molecule has 0 bridgehead atoms. The van der Waals surface area contributed by atoms with Crippen LogP contribution in [0.4, 0.5) is 0 Å². The van der Waals surface area contributed by atoms with Crippen LogP contribution in [-0.4, -0.2) is 42.5 Å². The van der Waals surface area contributed by atoms with E-state index < -0.39 is 24.6 Å². The predicted octanol–water partition coefficient (Wildman–Crippen LogP) is 2.74. The standard InChI is InChI=1S/C22H24N2O6/c1-22(2,3)15-8-9-17-18(10-15)30-19(12-28-17)21(27)24-23-11-14-6-4-5-7-16(14)29-13-20(25)26/h4-11,19H,12-13H2,1-3H3,(H,24,27)(H,25,26)/t19-/m0/s1. The molecule has 1 amide bonds. The van der Waals surface area contributed by atoms with E-state index >= 15 is 0 Å². The molecule has 0 radical (unpaired) electrons. The van der Waals surface area contributed by atoms with Crippen molar-refractivity contribution < 1.29 is 28.9 Å². The number of hydrogen-bond donors (Lipinski definition) is 2. The fraction of sp³-hybridized carbons (Fsp3) is 0.318. The van der Waals surface area contributed by atoms with Gasteiger partial charge >= 0.3 is 5.97 Å². The van der Waals surface area contributed by atoms with Crippen LogP contribution in [0.3, 0.4) is 0 Å². The molecule has 8 nitrogen and oxygen atoms in total. The van der Waals surface area contributed by atoms with Gasteiger partial charge in [0, 0.05) is 5.56 Å². The number of ether oxygens (including phenoxy) is 3. The van der Waals surface area contributed by atoms with Crippen LogP contribution in [0.5, 0.6) is 17.2 Å². The van der Waals surface area contributed by atoms with Crippen molar-refractivity contribution in [2.75, 3.05) is 13.2 Å². The van der Waals surface area contributed by atoms with E-state index in [9.17, 15) is 9.59 Å². The summed E-state index contributed by atoms with van der Waals surface area (Å²) < 4.78 is 16.7. The Bertz CT molecular complexity index is 964. The molecule has 3 rings (SSSR count). The SMILES string of the molecule is CC(C)(C)c1ccc2c(c1)O[C@H](C(=O)NN=Cc1ccccc1OCC(=O)O)CO2. The number of para-hydroxylation sites is 1. The molecule has 0 unspecified atom stereocenters. The van der Waals surface area contributed by atoms with Gasteiger partial charge in [0.1, 0.15) is 12.4 Å². The van der Waals surface area contributed by atoms with Crippen molar-refractivity contribution in [3.05, 3.63) is 53.6 Å². The molecule has 2 aromatic rings. The molecule has 0 fully saturated rings. The van der Waals surface area contributed by atoms with E-state index in [0.29, 0.717) is 22.8 Å². The molecule has 0 aliphatic carbocycles. The molecular formula is C22H24N2O6. The number of fused-ring (bicyclic) bond motifs is 1. The highest BCUT2D eigenvalue weighted by molar-refractivity contribution is 5.86. The number of hydrogen-bond acceptors (Lipinski definition) is 6. The van der Waals surface area contributed by atoms with Crippen molar-refractivity contribution in [3.63, 3.8) is 0 Å². The maximum atomic E-state index is 12.4. The van der Waals surface area contributed by atoms with Crippen LogP contribution in [0.1, 0.15) is 31.9 Å². The minimum Gasteiger partial charge on any atom is -0.485 e. The Morgan fingerprint density at radius 2 is 2.00 bits per heavy atom. The van der Waals surface area contributed by atoms with Gasteiger partial charge in [0.15, 0.2) is 18.1 Å². The van der Waals surface area contributed by atoms with Crippen LogP contribution in [0.2, 0.25) is 0 Å². The van der Waals surface area contributed by atoms with Gasteiger partial charge in [0.25, 0.3) is 5.91 Å². The van der Waals surface area contributed by atoms with E-state index in [0.717, 1.165) is 5.56 Å². The van der Waals surface area contributed by atoms with Crippen molar-refractivity contribution in [1.82, 2.24) is 5.43 Å². The molecule has 1 atom stereocenters. The van der Waals surface area contributed by atoms with Crippen molar-refractivity contribution in [2.24, 2.45) is 5.10 Å². The van der Waals surface area contributed by atoms with E-state index in [1.165, 1.54) is 6.21 Å². The fourth-order valence-electron chi connectivity index (χ4n) is 2.76. The first-order valence-electron chi connectivity index (χ1n) is 9.44. The monoisotopic (exact) mass is 412 g/mol. The third kappa shape index (κ3) is 5.28. The first-order chi connectivity index (χ1) is 14.2. The summed E-state index contributed by atoms with van der Waals surface area (Å²) in [5.74, 6) is -0.0783. The molecule has 8 heteroatoms. The Balaban J connectivity index is 1.63. The summed E-state index contributed by atoms with van der Waals surface area (Å²) in [4.78, 5) is 23.1. The molecule has 1 heterocycles. The first-order valence-corrected chi connectivity index (χ1v) is 9.44. The van der Waals surface area contributed by atoms with Crippen molar-refractivity contribution in [3.8, 4) is 17.2 Å². The van der Waals surface area contributed by atoms with Gasteiger partial charge in [-0.05, 0) is 35.2 Å². The van der Waals surface area contributed by atoms with Gasteiger partial charge in [-0.15, -0.1) is 0 Å². The molecule has 158 valence electrons. The van der Waals surface area contributed by atoms with Crippen molar-refractivity contribution >= 4 is 18.1 Å². The molecular weight excluding hydrogens is 388 g/mol. The number of nitrogens with one attached hydrogen (secondary N) is 1. The number of carboxylic acid groups (broad SMARTS) is 1. The van der Waals surface area contributed by atoms with Crippen molar-refractivity contribution in [2.45, 2.75) is 32.3 Å². The largest absolute Gasteiger partial charge is 0.485 e. The number of carbonyl (C=O) groups excluding carboxylic acids is 1. The van der Waals surface area contributed by atoms with Gasteiger partial charge in [0.2, 0.25) is 6.10 Å². The zero-order chi connectivity index (χ0) is 21.7. The van der Waals surface area contributed by atoms with Gasteiger partial charge in [-0.25, -0.2) is 10.2 Å². The Morgan fingerprint density at radius 3 is 2.73 bits per heavy atom. The van der Waals surface area contributed by atoms with Crippen LogP contribution in [0.15, 0.2) is 47.6 Å². The highest BCUT2D eigenvalue weighted by Crippen LogP contribution is 2.36. The van der Waals surface area contributed by atoms with Crippen LogP contribution < -0.4 is 19.6 Å². The second kappa shape index (κ2) is 8.86. The molecule has 0 aromatic heterocycles. The summed E-state index contributed by atoms with van der Waals surface area (Å²) in [6.07, 6.45) is 0.535. The maximum absolute atomic E-state index is 12.4. The molecule has 1 aliphatic rings. The Hall–Kier alpha value is -3.55. The van der Waals surface area contributed by atoms with Gasteiger partial charge in [0.05, 0.1) is 6.21 Å². The lowest BCUT2D eigenvalue weighted by atomic mass is 9.87. The summed E-state index contributed by atoms with van der Waals surface area (Å²) in [6.45, 7) is 5.88. The summed E-state index contributed by atoms with van der Waals surface area (Å²) in [5, 5.41) is 12.7. The molecule has 2 aromatic carbocycles. The average Bonchev–Trinajstić information content (AvgIpc) is 2.71. The van der Waals surface area contributed by atoms with E-state index in [1.807, 2.05) is 18.2 Å². The average molecular weight is 412 g/mol. The van der Waals surface area contributed by atoms with Gasteiger partial charge in [-0.1, -0.05) is 39.0 Å². The fourth-order valence-corrected chi connectivity index (χ4v) is 2.76. The van der Waals surface area contributed by atoms with Gasteiger partial charge in [-0.2, -0.15) is 5.10 Å². The third-order valence-electron chi connectivity index (χ3n) is 4.41. The highest BCUT2D eigenvalue weighted by Gasteiger charge is 2.28. The molecule has 2 N–H and O–H groups in total. The number of carbonyl (C=O) groups is 2. The normalized spacial score (nSPS) is 15.6. The van der Waals surface area contributed by atoms with Crippen molar-refractivity contribution in [1.29, 1.82) is 0 Å². The van der Waals surface area contributed by atoms with Gasteiger partial charge in [-0.3, -0.25) is 4.79 Å². The lowest BCUT2D eigenvalue weighted by molar-refractivity contribution is -0.139. The van der Waals surface area contributed by atoms with Crippen LogP contribution in [0, 0.1) is 0 Å². The molecule has 1 aliphatic heterocycles. The highest BCUT2D eigenvalue weighted by atomic mass is 16.6. The Kier molecular flexibility index (Phi) is 6.25. The van der Waals surface area contributed by atoms with E-state index in [2.05, 4.69) is 31.3 Å². The topological polar surface area (TPSA) is 106 Å². The third-order valence-corrected chi connectivity index (χ3v) is 4.41. The second-order valence-corrected chi connectivity index (χ2v) is 7.78. The van der Waals surface area contributed by atoms with Crippen LogP contribution in [0.25, 0.3) is 0 Å². The minimum atomic E-state index is -1.08. The zero-order valence-electron chi connectivity index (χ0n) is 17.0. The zero-order valence-corrected chi connectivity index (χ0v) is 17.0. The number of hydrazone groups is 1. The molecule has 30 heavy (non-hydrogen) atoms. The maximum Gasteiger partial charge on any atom is 0.341 e. The van der Waals surface area contributed by atoms with E-state index in [1.54, 1.807) is 24.3 Å². The molecule has 0 spiro atoms. The van der Waals surface area contributed by atoms with E-state index in [4.69, 9.17) is 19.3 Å². The number of carboxylic acids is 1. The van der Waals surface area contributed by atoms with Gasteiger partial charge < -0.3 is 19.3 Å².